The molecule has 2 amide bonds. The molecule has 0 aromatic heterocycles. The van der Waals surface area contributed by atoms with E-state index in [1.165, 1.54) is 9.21 Å². The molecule has 0 spiro atoms. The monoisotopic (exact) mass is 631 g/mol. The molecular weight excluding hydrogens is 593 g/mol. The van der Waals surface area contributed by atoms with E-state index in [9.17, 15) is 18.0 Å². The number of aryl methyl sites for hydroxylation is 1. The van der Waals surface area contributed by atoms with Gasteiger partial charge in [0.25, 0.3) is 0 Å². The van der Waals surface area contributed by atoms with Crippen LogP contribution in [-0.4, -0.2) is 50.5 Å². The maximum atomic E-state index is 14.0. The molecule has 7 nitrogen and oxygen atoms in total. The maximum absolute atomic E-state index is 14.0. The molecule has 0 aliphatic heterocycles. The lowest BCUT2D eigenvalue weighted by Gasteiger charge is -2.32. The second kappa shape index (κ2) is 15.4. The molecule has 0 bridgehead atoms. The van der Waals surface area contributed by atoms with E-state index in [4.69, 9.17) is 23.2 Å². The maximum Gasteiger partial charge on any atom is 0.243 e. The smallest absolute Gasteiger partial charge is 0.243 e. The first-order valence-corrected chi connectivity index (χ1v) is 16.6. The van der Waals surface area contributed by atoms with Crippen molar-refractivity contribution in [3.8, 4) is 0 Å². The van der Waals surface area contributed by atoms with Crippen LogP contribution < -0.4 is 9.62 Å². The zero-order chi connectivity index (χ0) is 30.9. The Morgan fingerprint density at radius 2 is 1.57 bits per heavy atom. The molecule has 3 rings (SSSR count). The summed E-state index contributed by atoms with van der Waals surface area (Å²) in [5.74, 6) is -0.571. The van der Waals surface area contributed by atoms with E-state index in [1.54, 1.807) is 24.3 Å². The van der Waals surface area contributed by atoms with Crippen LogP contribution in [0.4, 0.5) is 5.69 Å². The Labute approximate surface area is 259 Å². The van der Waals surface area contributed by atoms with Gasteiger partial charge < -0.3 is 10.2 Å². The minimum Gasteiger partial charge on any atom is -0.354 e. The Hall–Kier alpha value is -3.07. The van der Waals surface area contributed by atoms with Gasteiger partial charge in [0, 0.05) is 48.1 Å². The largest absolute Gasteiger partial charge is 0.354 e. The summed E-state index contributed by atoms with van der Waals surface area (Å²) >= 11 is 13.0. The van der Waals surface area contributed by atoms with Crippen LogP contribution in [0.3, 0.4) is 0 Å². The number of hydrogen-bond acceptors (Lipinski definition) is 4. The van der Waals surface area contributed by atoms with E-state index in [2.05, 4.69) is 5.32 Å². The molecule has 1 atom stereocenters. The topological polar surface area (TPSA) is 86.8 Å². The summed E-state index contributed by atoms with van der Waals surface area (Å²) < 4.78 is 26.9. The minimum atomic E-state index is -3.61. The minimum absolute atomic E-state index is 0.0191. The van der Waals surface area contributed by atoms with E-state index in [0.717, 1.165) is 29.4 Å². The molecule has 3 aromatic carbocycles. The van der Waals surface area contributed by atoms with Crippen LogP contribution in [0.5, 0.6) is 0 Å². The van der Waals surface area contributed by atoms with Gasteiger partial charge in [-0.3, -0.25) is 13.9 Å². The van der Waals surface area contributed by atoms with Crippen molar-refractivity contribution in [2.24, 2.45) is 0 Å². The lowest BCUT2D eigenvalue weighted by atomic mass is 10.0. The molecule has 0 fully saturated rings. The van der Waals surface area contributed by atoms with E-state index in [0.29, 0.717) is 34.3 Å². The molecule has 0 radical (unpaired) electrons. The van der Waals surface area contributed by atoms with Crippen molar-refractivity contribution in [2.75, 3.05) is 23.7 Å². The van der Waals surface area contributed by atoms with Gasteiger partial charge in [-0.2, -0.15) is 0 Å². The highest BCUT2D eigenvalue weighted by Crippen LogP contribution is 2.29. The van der Waals surface area contributed by atoms with Crippen molar-refractivity contribution < 1.29 is 18.0 Å². The molecule has 0 aliphatic carbocycles. The molecule has 226 valence electrons. The third-order valence-corrected chi connectivity index (χ3v) is 9.10. The van der Waals surface area contributed by atoms with Gasteiger partial charge in [-0.05, 0) is 61.6 Å². The number of rotatable bonds is 14. The first kappa shape index (κ1) is 33.4. The molecule has 0 heterocycles. The van der Waals surface area contributed by atoms with Gasteiger partial charge >= 0.3 is 0 Å². The lowest BCUT2D eigenvalue weighted by molar-refractivity contribution is -0.141. The van der Waals surface area contributed by atoms with Crippen LogP contribution in [0.1, 0.15) is 48.4 Å². The zero-order valence-corrected chi connectivity index (χ0v) is 26.9. The molecular formula is C32H39Cl2N3O4S. The predicted octanol–water partition coefficient (Wildman–Crippen LogP) is 6.32. The molecule has 0 saturated heterocycles. The average molecular weight is 633 g/mol. The molecule has 10 heteroatoms. The van der Waals surface area contributed by atoms with Gasteiger partial charge in [0.2, 0.25) is 21.8 Å². The number of hydrogen-bond donors (Lipinski definition) is 1. The Morgan fingerprint density at radius 1 is 0.929 bits per heavy atom. The number of anilines is 1. The quantitative estimate of drug-likeness (QED) is 0.225. The highest BCUT2D eigenvalue weighted by molar-refractivity contribution is 7.92. The number of nitrogens with one attached hydrogen (secondary N) is 1. The van der Waals surface area contributed by atoms with E-state index in [-0.39, 0.29) is 37.7 Å². The number of benzene rings is 3. The first-order chi connectivity index (χ1) is 19.9. The van der Waals surface area contributed by atoms with Crippen molar-refractivity contribution in [1.82, 2.24) is 10.2 Å². The van der Waals surface area contributed by atoms with Crippen molar-refractivity contribution in [1.29, 1.82) is 0 Å². The van der Waals surface area contributed by atoms with Gasteiger partial charge in [0.05, 0.1) is 11.9 Å². The van der Waals surface area contributed by atoms with Gasteiger partial charge in [0.1, 0.15) is 6.04 Å². The van der Waals surface area contributed by atoms with Gasteiger partial charge in [-0.15, -0.1) is 0 Å². The van der Waals surface area contributed by atoms with Gasteiger partial charge in [-0.25, -0.2) is 8.42 Å². The summed E-state index contributed by atoms with van der Waals surface area (Å²) in [5.41, 5.74) is 3.87. The second-order valence-electron chi connectivity index (χ2n) is 10.4. The lowest BCUT2D eigenvalue weighted by Crippen LogP contribution is -2.50. The fourth-order valence-corrected chi connectivity index (χ4v) is 6.29. The highest BCUT2D eigenvalue weighted by Gasteiger charge is 2.31. The summed E-state index contributed by atoms with van der Waals surface area (Å²) in [6.45, 7) is 6.38. The average Bonchev–Trinajstić information content (AvgIpc) is 2.94. The van der Waals surface area contributed by atoms with Crippen LogP contribution in [0.2, 0.25) is 10.0 Å². The predicted molar refractivity (Wildman–Crippen MR) is 172 cm³/mol. The molecule has 3 aromatic rings. The van der Waals surface area contributed by atoms with Crippen LogP contribution in [-0.2, 0) is 32.6 Å². The normalized spacial score (nSPS) is 12.0. The fourth-order valence-electron chi connectivity index (χ4n) is 4.76. The fraction of sp³-hybridized carbons (Fsp3) is 0.375. The molecule has 1 N–H and O–H groups in total. The summed E-state index contributed by atoms with van der Waals surface area (Å²) in [6, 6.07) is 19.3. The standard InChI is InChI=1S/C32H39Cl2N3O4S/c1-5-19-35-32(39)30(21-25-13-7-6-8-14-25)36(22-26-27(33)15-10-16-28(26)34)31(38)18-11-20-37(42(4,40)41)29-17-9-12-23(2)24(29)3/h6-10,12-17,30H,5,11,18-22H2,1-4H3,(H,35,39). The van der Waals surface area contributed by atoms with E-state index in [1.807, 2.05) is 63.2 Å². The summed E-state index contributed by atoms with van der Waals surface area (Å²) in [6.07, 6.45) is 2.47. The number of carbonyl (C=O) groups excluding carboxylic acids is 2. The van der Waals surface area contributed by atoms with Crippen LogP contribution in [0, 0.1) is 13.8 Å². The Morgan fingerprint density at radius 3 is 2.19 bits per heavy atom. The van der Waals surface area contributed by atoms with Crippen molar-refractivity contribution in [3.05, 3.63) is 99.0 Å². The molecule has 42 heavy (non-hydrogen) atoms. The Bertz CT molecular complexity index is 1460. The van der Waals surface area contributed by atoms with Crippen LogP contribution >= 0.6 is 23.2 Å². The highest BCUT2D eigenvalue weighted by atomic mass is 35.5. The summed E-state index contributed by atoms with van der Waals surface area (Å²) in [4.78, 5) is 29.0. The summed E-state index contributed by atoms with van der Waals surface area (Å²) in [5, 5.41) is 3.73. The number of carbonyl (C=O) groups is 2. The third kappa shape index (κ3) is 8.96. The number of sulfonamides is 1. The molecule has 0 aliphatic rings. The van der Waals surface area contributed by atoms with Gasteiger partial charge in [0.15, 0.2) is 0 Å². The number of halogens is 2. The van der Waals surface area contributed by atoms with Crippen molar-refractivity contribution in [2.45, 2.75) is 59.0 Å². The van der Waals surface area contributed by atoms with E-state index >= 15 is 0 Å². The number of amides is 2. The molecule has 1 unspecified atom stereocenters. The third-order valence-electron chi connectivity index (χ3n) is 7.21. The second-order valence-corrected chi connectivity index (χ2v) is 13.1. The number of nitrogens with zero attached hydrogens (tertiary/aromatic N) is 2. The Kier molecular flexibility index (Phi) is 12.3. The molecule has 0 saturated carbocycles. The van der Waals surface area contributed by atoms with Crippen LogP contribution in [0.15, 0.2) is 66.7 Å². The van der Waals surface area contributed by atoms with Crippen molar-refractivity contribution >= 4 is 50.7 Å². The first-order valence-electron chi connectivity index (χ1n) is 14.0. The SMILES string of the molecule is CCCNC(=O)C(Cc1ccccc1)N(Cc1c(Cl)cccc1Cl)C(=O)CCCN(c1cccc(C)c1C)S(C)(=O)=O. The van der Waals surface area contributed by atoms with Crippen molar-refractivity contribution in [3.63, 3.8) is 0 Å². The van der Waals surface area contributed by atoms with E-state index < -0.39 is 16.1 Å². The van der Waals surface area contributed by atoms with Crippen LogP contribution in [0.25, 0.3) is 0 Å². The van der Waals surface area contributed by atoms with Gasteiger partial charge in [-0.1, -0.05) is 78.7 Å². The summed E-state index contributed by atoms with van der Waals surface area (Å²) in [7, 11) is -3.61. The zero-order valence-electron chi connectivity index (χ0n) is 24.6. The Balaban J connectivity index is 1.93.